The molecule has 32 heavy (non-hydrogen) atoms. The van der Waals surface area contributed by atoms with Crippen molar-refractivity contribution in [3.8, 4) is 0 Å². The first kappa shape index (κ1) is 26.4. The molecule has 2 rings (SSSR count). The second-order valence-electron chi connectivity index (χ2n) is 9.61. The van der Waals surface area contributed by atoms with E-state index in [1.165, 1.54) is 0 Å². The number of benzene rings is 2. The van der Waals surface area contributed by atoms with Gasteiger partial charge in [-0.05, 0) is 47.9 Å². The minimum atomic E-state index is -0.660. The number of carbonyl (C=O) groups excluding carboxylic acids is 1. The first-order valence-electron chi connectivity index (χ1n) is 12.9. The molecule has 0 unspecified atom stereocenters. The lowest BCUT2D eigenvalue weighted by Gasteiger charge is -2.39. The standard InChI is InChI=1S/C29H45NO2/c1-7-13-23(14-8-2)30(24(15-9-3)16-10-4)29(32)27-25-18-12-11-17-22(25)19-20-26(27)28(31)21(5)6/h11-12,17-21,23-24,28,31H,7-10,13-16H2,1-6H3/t28-/m1/s1. The predicted octanol–water partition coefficient (Wildman–Crippen LogP) is 7.91. The van der Waals surface area contributed by atoms with Crippen LogP contribution in [0.3, 0.4) is 0 Å². The summed E-state index contributed by atoms with van der Waals surface area (Å²) in [5.74, 6) is 0.149. The normalized spacial score (nSPS) is 12.8. The molecule has 2 aromatic carbocycles. The number of aliphatic hydroxyl groups excluding tert-OH is 1. The second-order valence-corrected chi connectivity index (χ2v) is 9.61. The second kappa shape index (κ2) is 13.0. The van der Waals surface area contributed by atoms with E-state index in [9.17, 15) is 9.90 Å². The van der Waals surface area contributed by atoms with Crippen LogP contribution in [-0.4, -0.2) is 28.0 Å². The summed E-state index contributed by atoms with van der Waals surface area (Å²) in [6.45, 7) is 12.9. The Bertz CT molecular complexity index is 816. The first-order chi connectivity index (χ1) is 15.4. The van der Waals surface area contributed by atoms with Crippen molar-refractivity contribution in [1.29, 1.82) is 0 Å². The molecule has 0 saturated heterocycles. The summed E-state index contributed by atoms with van der Waals surface area (Å²) in [7, 11) is 0. The fraction of sp³-hybridized carbons (Fsp3) is 0.621. The van der Waals surface area contributed by atoms with Crippen LogP contribution in [0.5, 0.6) is 0 Å². The van der Waals surface area contributed by atoms with Gasteiger partial charge in [0, 0.05) is 12.1 Å². The van der Waals surface area contributed by atoms with Crippen molar-refractivity contribution in [2.24, 2.45) is 5.92 Å². The van der Waals surface area contributed by atoms with Crippen LogP contribution in [0.1, 0.15) is 115 Å². The third-order valence-electron chi connectivity index (χ3n) is 6.63. The van der Waals surface area contributed by atoms with Crippen LogP contribution < -0.4 is 0 Å². The Balaban J connectivity index is 2.73. The quantitative estimate of drug-likeness (QED) is 0.344. The van der Waals surface area contributed by atoms with E-state index in [0.29, 0.717) is 5.56 Å². The zero-order valence-corrected chi connectivity index (χ0v) is 21.2. The van der Waals surface area contributed by atoms with Gasteiger partial charge >= 0.3 is 0 Å². The van der Waals surface area contributed by atoms with Gasteiger partial charge in [0.05, 0.1) is 11.7 Å². The molecule has 0 aliphatic rings. The van der Waals surface area contributed by atoms with Crippen molar-refractivity contribution in [3.05, 3.63) is 47.5 Å². The lowest BCUT2D eigenvalue weighted by molar-refractivity contribution is 0.0502. The highest BCUT2D eigenvalue weighted by Gasteiger charge is 2.33. The van der Waals surface area contributed by atoms with Gasteiger partial charge in [0.2, 0.25) is 0 Å². The lowest BCUT2D eigenvalue weighted by Crippen LogP contribution is -2.47. The number of amides is 1. The molecule has 1 atom stereocenters. The smallest absolute Gasteiger partial charge is 0.255 e. The van der Waals surface area contributed by atoms with Gasteiger partial charge < -0.3 is 10.0 Å². The Morgan fingerprint density at radius 1 is 0.812 bits per heavy atom. The van der Waals surface area contributed by atoms with Crippen molar-refractivity contribution in [3.63, 3.8) is 0 Å². The van der Waals surface area contributed by atoms with E-state index < -0.39 is 6.10 Å². The molecule has 0 radical (unpaired) electrons. The monoisotopic (exact) mass is 439 g/mol. The van der Waals surface area contributed by atoms with Gasteiger partial charge in [0.25, 0.3) is 5.91 Å². The minimum absolute atomic E-state index is 0.0420. The van der Waals surface area contributed by atoms with Gasteiger partial charge in [-0.25, -0.2) is 0 Å². The van der Waals surface area contributed by atoms with Crippen molar-refractivity contribution < 1.29 is 9.90 Å². The molecule has 0 spiro atoms. The van der Waals surface area contributed by atoms with E-state index in [1.54, 1.807) is 0 Å². The van der Waals surface area contributed by atoms with E-state index in [4.69, 9.17) is 0 Å². The van der Waals surface area contributed by atoms with E-state index in [0.717, 1.165) is 67.7 Å². The molecule has 0 aromatic heterocycles. The van der Waals surface area contributed by atoms with Crippen LogP contribution in [0.2, 0.25) is 0 Å². The van der Waals surface area contributed by atoms with Gasteiger partial charge in [-0.3, -0.25) is 4.79 Å². The predicted molar refractivity (Wildman–Crippen MR) is 137 cm³/mol. The van der Waals surface area contributed by atoms with Gasteiger partial charge in [0.15, 0.2) is 0 Å². The number of nitrogens with zero attached hydrogens (tertiary/aromatic N) is 1. The molecular weight excluding hydrogens is 394 g/mol. The number of rotatable bonds is 13. The molecule has 178 valence electrons. The Kier molecular flexibility index (Phi) is 10.7. The molecule has 0 bridgehead atoms. The molecule has 0 fully saturated rings. The van der Waals surface area contributed by atoms with Crippen LogP contribution >= 0.6 is 0 Å². The number of fused-ring (bicyclic) bond motifs is 1. The van der Waals surface area contributed by atoms with Crippen LogP contribution in [-0.2, 0) is 0 Å². The molecule has 3 nitrogen and oxygen atoms in total. The van der Waals surface area contributed by atoms with Gasteiger partial charge in [-0.1, -0.05) is 104 Å². The maximum Gasteiger partial charge on any atom is 0.255 e. The average Bonchev–Trinajstić information content (AvgIpc) is 2.78. The highest BCUT2D eigenvalue weighted by Crippen LogP contribution is 2.34. The third kappa shape index (κ3) is 6.13. The Morgan fingerprint density at radius 2 is 1.31 bits per heavy atom. The maximum absolute atomic E-state index is 14.5. The maximum atomic E-state index is 14.5. The number of hydrogen-bond acceptors (Lipinski definition) is 2. The number of aliphatic hydroxyl groups is 1. The first-order valence-corrected chi connectivity index (χ1v) is 12.9. The van der Waals surface area contributed by atoms with Gasteiger partial charge in [-0.2, -0.15) is 0 Å². The fourth-order valence-corrected chi connectivity index (χ4v) is 5.07. The molecule has 1 amide bonds. The minimum Gasteiger partial charge on any atom is -0.388 e. The zero-order valence-electron chi connectivity index (χ0n) is 21.2. The van der Waals surface area contributed by atoms with Crippen LogP contribution in [0, 0.1) is 5.92 Å². The highest BCUT2D eigenvalue weighted by molar-refractivity contribution is 6.08. The molecule has 0 aliphatic carbocycles. The summed E-state index contributed by atoms with van der Waals surface area (Å²) in [4.78, 5) is 16.7. The molecule has 1 N–H and O–H groups in total. The molecule has 2 aromatic rings. The number of carbonyl (C=O) groups is 1. The molecule has 0 aliphatic heterocycles. The topological polar surface area (TPSA) is 40.5 Å². The molecule has 0 saturated carbocycles. The lowest BCUT2D eigenvalue weighted by atomic mass is 9.88. The largest absolute Gasteiger partial charge is 0.388 e. The fourth-order valence-electron chi connectivity index (χ4n) is 5.07. The summed E-state index contributed by atoms with van der Waals surface area (Å²) in [6, 6.07) is 12.6. The summed E-state index contributed by atoms with van der Waals surface area (Å²) in [5.41, 5.74) is 1.48. The molecule has 3 heteroatoms. The van der Waals surface area contributed by atoms with E-state index in [2.05, 4.69) is 38.7 Å². The van der Waals surface area contributed by atoms with E-state index in [-0.39, 0.29) is 23.9 Å². The Morgan fingerprint density at radius 3 is 1.78 bits per heavy atom. The van der Waals surface area contributed by atoms with Crippen molar-refractivity contribution in [2.75, 3.05) is 0 Å². The Hall–Kier alpha value is -1.87. The molecular formula is C29H45NO2. The Labute approximate surface area is 196 Å². The van der Waals surface area contributed by atoms with Gasteiger partial charge in [-0.15, -0.1) is 0 Å². The van der Waals surface area contributed by atoms with E-state index in [1.807, 2.05) is 44.2 Å². The number of hydrogen-bond donors (Lipinski definition) is 1. The van der Waals surface area contributed by atoms with Crippen molar-refractivity contribution in [2.45, 2.75) is 111 Å². The zero-order chi connectivity index (χ0) is 23.7. The van der Waals surface area contributed by atoms with Crippen LogP contribution in [0.15, 0.2) is 36.4 Å². The summed E-state index contributed by atoms with van der Waals surface area (Å²) < 4.78 is 0. The highest BCUT2D eigenvalue weighted by atomic mass is 16.3. The van der Waals surface area contributed by atoms with Crippen molar-refractivity contribution in [1.82, 2.24) is 4.90 Å². The van der Waals surface area contributed by atoms with Crippen LogP contribution in [0.4, 0.5) is 0 Å². The van der Waals surface area contributed by atoms with Crippen molar-refractivity contribution >= 4 is 16.7 Å². The van der Waals surface area contributed by atoms with Crippen LogP contribution in [0.25, 0.3) is 10.8 Å². The third-order valence-corrected chi connectivity index (χ3v) is 6.63. The van der Waals surface area contributed by atoms with E-state index >= 15 is 0 Å². The average molecular weight is 440 g/mol. The summed E-state index contributed by atoms with van der Waals surface area (Å²) in [5, 5.41) is 13.1. The SMILES string of the molecule is CCCC(CCC)N(C(=O)c1c([C@H](O)C(C)C)ccc2ccccc12)C(CCC)CCC. The summed E-state index contributed by atoms with van der Waals surface area (Å²) >= 11 is 0. The summed E-state index contributed by atoms with van der Waals surface area (Å²) in [6.07, 6.45) is 7.70. The van der Waals surface area contributed by atoms with Gasteiger partial charge in [0.1, 0.15) is 0 Å². The molecule has 0 heterocycles.